The highest BCUT2D eigenvalue weighted by molar-refractivity contribution is 7.80. The molecule has 0 aliphatic heterocycles. The van der Waals surface area contributed by atoms with E-state index in [1.807, 2.05) is 0 Å². The second-order valence-corrected chi connectivity index (χ2v) is 5.86. The number of ether oxygens (including phenoxy) is 2. The first-order chi connectivity index (χ1) is 13.6. The van der Waals surface area contributed by atoms with Crippen LogP contribution in [0.3, 0.4) is 0 Å². The lowest BCUT2D eigenvalue weighted by Gasteiger charge is -2.18. The topological polar surface area (TPSA) is 102 Å². The smallest absolute Gasteiger partial charge is 0.481 e. The summed E-state index contributed by atoms with van der Waals surface area (Å²) in [5.41, 5.74) is 0.220. The van der Waals surface area contributed by atoms with Gasteiger partial charge in [-0.15, -0.1) is 13.2 Å². The summed E-state index contributed by atoms with van der Waals surface area (Å²) in [5, 5.41) is 20.0. The third-order valence-electron chi connectivity index (χ3n) is 3.37. The zero-order valence-corrected chi connectivity index (χ0v) is 15.3. The maximum atomic E-state index is 12.5. The Morgan fingerprint density at radius 2 is 1.86 bits per heavy atom. The molecular formula is C17H13F3N2O6S. The average Bonchev–Trinajstić information content (AvgIpc) is 2.63. The van der Waals surface area contributed by atoms with E-state index in [2.05, 4.69) is 4.74 Å². The van der Waals surface area contributed by atoms with Crippen LogP contribution in [-0.4, -0.2) is 39.1 Å². The number of aliphatic carboxylic acids is 1. The van der Waals surface area contributed by atoms with Crippen LogP contribution in [-0.2, 0) is 11.3 Å². The lowest BCUT2D eigenvalue weighted by atomic mass is 10.1. The fourth-order valence-electron chi connectivity index (χ4n) is 2.24. The molecule has 0 bridgehead atoms. The van der Waals surface area contributed by atoms with Gasteiger partial charge in [0, 0.05) is 0 Å². The molecule has 0 unspecified atom stereocenters. The van der Waals surface area contributed by atoms with Gasteiger partial charge in [0.25, 0.3) is 0 Å². The zero-order chi connectivity index (χ0) is 21.6. The van der Waals surface area contributed by atoms with Crippen LogP contribution in [0.15, 0.2) is 48.5 Å². The molecule has 0 atom stereocenters. The molecule has 0 amide bonds. The van der Waals surface area contributed by atoms with Crippen molar-refractivity contribution in [1.29, 1.82) is 0 Å². The van der Waals surface area contributed by atoms with Crippen LogP contribution in [0, 0.1) is 10.1 Å². The molecular weight excluding hydrogens is 417 g/mol. The number of hydrazine groups is 1. The van der Waals surface area contributed by atoms with Gasteiger partial charge < -0.3 is 14.6 Å². The lowest BCUT2D eigenvalue weighted by molar-refractivity contribution is -0.631. The van der Waals surface area contributed by atoms with E-state index in [1.165, 1.54) is 0 Å². The summed E-state index contributed by atoms with van der Waals surface area (Å²) in [5.74, 6) is -2.29. The third kappa shape index (κ3) is 6.60. The maximum Gasteiger partial charge on any atom is 0.573 e. The molecule has 12 heteroatoms. The molecule has 2 aromatic carbocycles. The van der Waals surface area contributed by atoms with E-state index in [0.29, 0.717) is 10.6 Å². The number of carbonyl (C=O) groups is 1. The van der Waals surface area contributed by atoms with E-state index in [9.17, 15) is 28.1 Å². The van der Waals surface area contributed by atoms with Gasteiger partial charge in [-0.25, -0.2) is 14.9 Å². The van der Waals surface area contributed by atoms with E-state index in [1.54, 1.807) is 30.3 Å². The van der Waals surface area contributed by atoms with Crippen LogP contribution in [0.2, 0.25) is 0 Å². The summed E-state index contributed by atoms with van der Waals surface area (Å²) < 4.78 is 46.4. The highest BCUT2D eigenvalue weighted by Crippen LogP contribution is 2.30. The van der Waals surface area contributed by atoms with Crippen LogP contribution in [0.25, 0.3) is 0 Å². The van der Waals surface area contributed by atoms with Crippen LogP contribution in [0.1, 0.15) is 11.1 Å². The number of thiocarbonyl (C=S) groups is 1. The van der Waals surface area contributed by atoms with E-state index < -0.39 is 34.7 Å². The monoisotopic (exact) mass is 430 g/mol. The summed E-state index contributed by atoms with van der Waals surface area (Å²) in [6.45, 7) is -1.11. The minimum Gasteiger partial charge on any atom is -0.481 e. The molecule has 0 aliphatic rings. The molecule has 1 N–H and O–H groups in total. The maximum absolute atomic E-state index is 12.5. The van der Waals surface area contributed by atoms with Crippen molar-refractivity contribution in [1.82, 2.24) is 5.01 Å². The Morgan fingerprint density at radius 1 is 1.21 bits per heavy atom. The van der Waals surface area contributed by atoms with Crippen molar-refractivity contribution < 1.29 is 37.6 Å². The normalized spacial score (nSPS) is 10.9. The van der Waals surface area contributed by atoms with Crippen molar-refractivity contribution in [3.05, 3.63) is 69.8 Å². The Labute approximate surface area is 167 Å². The minimum absolute atomic E-state index is 0.244. The number of carboxylic acids is 1. The average molecular weight is 430 g/mol. The number of alkyl halides is 3. The summed E-state index contributed by atoms with van der Waals surface area (Å²) >= 11 is 5.11. The lowest BCUT2D eigenvalue weighted by Crippen LogP contribution is -2.35. The summed E-state index contributed by atoms with van der Waals surface area (Å²) in [7, 11) is 0. The number of halogens is 3. The second-order valence-electron chi connectivity index (χ2n) is 5.47. The molecule has 0 saturated carbocycles. The van der Waals surface area contributed by atoms with Crippen molar-refractivity contribution in [3.8, 4) is 11.5 Å². The van der Waals surface area contributed by atoms with Gasteiger partial charge in [-0.3, -0.25) is 0 Å². The SMILES string of the molecule is O=C(O)COc1ccc(OC(F)(F)F)cc1C(=S)N(Cc1ccccc1)[N+](=O)[O-]. The van der Waals surface area contributed by atoms with E-state index >= 15 is 0 Å². The summed E-state index contributed by atoms with van der Waals surface area (Å²) in [6.07, 6.45) is -5.00. The molecule has 0 heterocycles. The molecule has 29 heavy (non-hydrogen) atoms. The van der Waals surface area contributed by atoms with Crippen LogP contribution < -0.4 is 9.47 Å². The molecule has 0 saturated heterocycles. The molecule has 0 fully saturated rings. The predicted molar refractivity (Wildman–Crippen MR) is 96.9 cm³/mol. The van der Waals surface area contributed by atoms with Crippen molar-refractivity contribution in [2.45, 2.75) is 12.9 Å². The van der Waals surface area contributed by atoms with E-state index in [-0.39, 0.29) is 17.9 Å². The van der Waals surface area contributed by atoms with Crippen molar-refractivity contribution in [3.63, 3.8) is 0 Å². The zero-order valence-electron chi connectivity index (χ0n) is 14.5. The quantitative estimate of drug-likeness (QED) is 0.386. The largest absolute Gasteiger partial charge is 0.573 e. The Hall–Kier alpha value is -3.41. The number of benzene rings is 2. The standard InChI is InChI=1S/C17H13F3N2O6S/c18-17(19,20)28-12-6-7-14(27-10-15(23)24)13(8-12)16(29)21(22(25)26)9-11-4-2-1-3-5-11/h1-8H,9-10H2,(H,23,24). The van der Waals surface area contributed by atoms with Crippen LogP contribution in [0.4, 0.5) is 13.2 Å². The second kappa shape index (κ2) is 9.19. The first-order valence-corrected chi connectivity index (χ1v) is 8.22. The fourth-order valence-corrected chi connectivity index (χ4v) is 2.53. The molecule has 8 nitrogen and oxygen atoms in total. The molecule has 0 spiro atoms. The predicted octanol–water partition coefficient (Wildman–Crippen LogP) is 3.42. The Kier molecular flexibility index (Phi) is 6.93. The molecule has 2 aromatic rings. The minimum atomic E-state index is -5.00. The molecule has 0 aromatic heterocycles. The Balaban J connectivity index is 2.42. The summed E-state index contributed by atoms with van der Waals surface area (Å²) in [6, 6.07) is 10.9. The van der Waals surface area contributed by atoms with Gasteiger partial charge in [0.1, 0.15) is 18.0 Å². The Bertz CT molecular complexity index is 908. The van der Waals surface area contributed by atoms with Gasteiger partial charge in [0.15, 0.2) is 16.6 Å². The number of nitro groups is 1. The number of hydrogen-bond donors (Lipinski definition) is 1. The molecule has 2 rings (SSSR count). The van der Waals surface area contributed by atoms with Crippen molar-refractivity contribution in [2.24, 2.45) is 0 Å². The van der Waals surface area contributed by atoms with Gasteiger partial charge in [-0.2, -0.15) is 0 Å². The first kappa shape index (κ1) is 21.9. The molecule has 0 radical (unpaired) electrons. The molecule has 0 aliphatic carbocycles. The summed E-state index contributed by atoms with van der Waals surface area (Å²) in [4.78, 5) is 21.8. The van der Waals surface area contributed by atoms with Gasteiger partial charge in [0.05, 0.1) is 5.56 Å². The van der Waals surface area contributed by atoms with Crippen molar-refractivity contribution >= 4 is 23.2 Å². The number of rotatable bonds is 8. The number of carboxylic acid groups (broad SMARTS) is 1. The van der Waals surface area contributed by atoms with Gasteiger partial charge in [0.2, 0.25) is 0 Å². The third-order valence-corrected chi connectivity index (χ3v) is 3.80. The molecule has 154 valence electrons. The highest BCUT2D eigenvalue weighted by Gasteiger charge is 2.32. The van der Waals surface area contributed by atoms with Gasteiger partial charge in [-0.05, 0) is 23.8 Å². The first-order valence-electron chi connectivity index (χ1n) is 7.81. The highest BCUT2D eigenvalue weighted by atomic mass is 32.1. The van der Waals surface area contributed by atoms with Crippen molar-refractivity contribution in [2.75, 3.05) is 6.61 Å². The van der Waals surface area contributed by atoms with Gasteiger partial charge >= 0.3 is 12.3 Å². The van der Waals surface area contributed by atoms with Crippen LogP contribution >= 0.6 is 12.2 Å². The number of hydrogen-bond acceptors (Lipinski definition) is 6. The fraction of sp³-hybridized carbons (Fsp3) is 0.176. The number of nitrogens with zero attached hydrogens (tertiary/aromatic N) is 2. The van der Waals surface area contributed by atoms with Gasteiger partial charge in [-0.1, -0.05) is 47.6 Å². The van der Waals surface area contributed by atoms with Crippen LogP contribution in [0.5, 0.6) is 11.5 Å². The van der Waals surface area contributed by atoms with E-state index in [0.717, 1.165) is 18.2 Å². The Morgan fingerprint density at radius 3 is 2.41 bits per heavy atom. The van der Waals surface area contributed by atoms with E-state index in [4.69, 9.17) is 22.1 Å².